The van der Waals surface area contributed by atoms with E-state index in [1.807, 2.05) is 23.5 Å². The Bertz CT molecular complexity index is 1090. The van der Waals surface area contributed by atoms with Crippen LogP contribution in [0.15, 0.2) is 119 Å². The van der Waals surface area contributed by atoms with Crippen LogP contribution >= 0.6 is 39.4 Å². The van der Waals surface area contributed by atoms with Crippen molar-refractivity contribution in [2.24, 2.45) is 0 Å². The molecule has 0 N–H and O–H groups in total. The lowest BCUT2D eigenvalue weighted by atomic mass is 10.4. The number of thioether (sulfide) groups is 2. The van der Waals surface area contributed by atoms with Crippen molar-refractivity contribution in [1.29, 1.82) is 0 Å². The van der Waals surface area contributed by atoms with Crippen molar-refractivity contribution < 1.29 is 0 Å². The molecule has 172 valence electrons. The van der Waals surface area contributed by atoms with Gasteiger partial charge in [0, 0.05) is 9.79 Å². The highest BCUT2D eigenvalue weighted by Gasteiger charge is 2.23. The summed E-state index contributed by atoms with van der Waals surface area (Å²) in [6.45, 7) is 0. The highest BCUT2D eigenvalue weighted by molar-refractivity contribution is 8.02. The third kappa shape index (κ3) is 5.98. The maximum absolute atomic E-state index is 2.44. The van der Waals surface area contributed by atoms with Gasteiger partial charge in [0.05, 0.1) is 0 Å². The first-order chi connectivity index (χ1) is 16.9. The van der Waals surface area contributed by atoms with Crippen LogP contribution in [0, 0.1) is 0 Å². The summed E-state index contributed by atoms with van der Waals surface area (Å²) in [6, 6.07) is 41.0. The molecule has 34 heavy (non-hydrogen) atoms. The van der Waals surface area contributed by atoms with Gasteiger partial charge in [-0.1, -0.05) is 97.1 Å². The van der Waals surface area contributed by atoms with E-state index in [9.17, 15) is 0 Å². The van der Waals surface area contributed by atoms with Crippen LogP contribution < -0.4 is 21.2 Å². The predicted molar refractivity (Wildman–Crippen MR) is 159 cm³/mol. The van der Waals surface area contributed by atoms with Crippen LogP contribution in [-0.4, -0.2) is 23.8 Å². The fraction of sp³-hybridized carbons (Fsp3) is 0.200. The van der Waals surface area contributed by atoms with E-state index in [1.54, 1.807) is 10.6 Å². The Morgan fingerprint density at radius 1 is 0.441 bits per heavy atom. The van der Waals surface area contributed by atoms with E-state index in [-0.39, 0.29) is 15.8 Å². The number of hydrogen-bond acceptors (Lipinski definition) is 2. The fourth-order valence-corrected chi connectivity index (χ4v) is 12.5. The summed E-state index contributed by atoms with van der Waals surface area (Å²) in [4.78, 5) is 2.92. The van der Waals surface area contributed by atoms with Crippen LogP contribution in [0.25, 0.3) is 0 Å². The molecular weight excluding hydrogens is 486 g/mol. The summed E-state index contributed by atoms with van der Waals surface area (Å²) in [7, 11) is -0.755. The molecule has 0 saturated carbocycles. The van der Waals surface area contributed by atoms with Gasteiger partial charge < -0.3 is 0 Å². The maximum Gasteiger partial charge on any atom is 0.0208 e. The first-order valence-electron chi connectivity index (χ1n) is 12.0. The Balaban J connectivity index is 1.55. The van der Waals surface area contributed by atoms with E-state index in [0.29, 0.717) is 0 Å². The summed E-state index contributed by atoms with van der Waals surface area (Å²) in [5.41, 5.74) is 0. The average Bonchev–Trinajstić information content (AvgIpc) is 2.90. The topological polar surface area (TPSA) is 0 Å². The standard InChI is InChI=1S/C30H30P2S2/c1-3-13-25(14-4-1)31-21-11-23-33-29-19-9-10-20-30(29)34-24-12-22-32(26-15-5-2-6-16-26)28-18-8-7-17-27(28)31/h1-10,13-20H,11-12,21-24H2. The molecule has 0 spiro atoms. The second-order valence-corrected chi connectivity index (χ2v) is 15.2. The molecule has 2 atom stereocenters. The van der Waals surface area contributed by atoms with Gasteiger partial charge in [-0.05, 0) is 85.9 Å². The SMILES string of the molecule is c1ccc(P2CCCSc3ccccc3SCCCP(c3ccccc3)c3ccccc32)cc1. The minimum Gasteiger partial charge on any atom is -0.125 e. The zero-order valence-corrected chi connectivity index (χ0v) is 22.8. The van der Waals surface area contributed by atoms with E-state index in [4.69, 9.17) is 0 Å². The number of rotatable bonds is 2. The molecule has 4 aromatic carbocycles. The van der Waals surface area contributed by atoms with E-state index in [1.165, 1.54) is 57.1 Å². The van der Waals surface area contributed by atoms with Crippen LogP contribution in [0.1, 0.15) is 12.8 Å². The zero-order chi connectivity index (χ0) is 23.0. The molecule has 0 saturated heterocycles. The molecule has 1 aliphatic rings. The summed E-state index contributed by atoms with van der Waals surface area (Å²) in [5.74, 6) is 2.36. The van der Waals surface area contributed by atoms with Crippen molar-refractivity contribution in [3.8, 4) is 0 Å². The van der Waals surface area contributed by atoms with Gasteiger partial charge in [-0.25, -0.2) is 0 Å². The molecule has 1 aliphatic heterocycles. The highest BCUT2D eigenvalue weighted by Crippen LogP contribution is 2.42. The second-order valence-electron chi connectivity index (χ2n) is 8.31. The van der Waals surface area contributed by atoms with Crippen molar-refractivity contribution >= 4 is 60.6 Å². The van der Waals surface area contributed by atoms with Gasteiger partial charge in [0.25, 0.3) is 0 Å². The van der Waals surface area contributed by atoms with Crippen LogP contribution in [0.3, 0.4) is 0 Å². The van der Waals surface area contributed by atoms with Crippen LogP contribution in [-0.2, 0) is 0 Å². The summed E-state index contributed by atoms with van der Waals surface area (Å²) < 4.78 is 0. The number of fused-ring (bicyclic) bond motifs is 2. The summed E-state index contributed by atoms with van der Waals surface area (Å²) in [6.07, 6.45) is 4.97. The van der Waals surface area contributed by atoms with Gasteiger partial charge in [0.15, 0.2) is 0 Å². The molecule has 0 radical (unpaired) electrons. The molecule has 2 unspecified atom stereocenters. The molecule has 0 fully saturated rings. The Morgan fingerprint density at radius 3 is 1.26 bits per heavy atom. The Labute approximate surface area is 215 Å². The largest absolute Gasteiger partial charge is 0.125 e. The third-order valence-corrected chi connectivity index (χ3v) is 14.0. The van der Waals surface area contributed by atoms with E-state index >= 15 is 0 Å². The summed E-state index contributed by atoms with van der Waals surface area (Å²) >= 11 is 4.09. The van der Waals surface area contributed by atoms with Crippen molar-refractivity contribution in [2.75, 3.05) is 23.8 Å². The lowest BCUT2D eigenvalue weighted by molar-refractivity contribution is 1.10. The van der Waals surface area contributed by atoms with Gasteiger partial charge >= 0.3 is 0 Å². The average molecular weight is 517 g/mol. The molecule has 1 heterocycles. The minimum absolute atomic E-state index is 0.378. The first-order valence-corrected chi connectivity index (χ1v) is 17.0. The predicted octanol–water partition coefficient (Wildman–Crippen LogP) is 7.23. The molecule has 0 aliphatic carbocycles. The maximum atomic E-state index is 2.44. The lowest BCUT2D eigenvalue weighted by Crippen LogP contribution is -2.30. The van der Waals surface area contributed by atoms with E-state index < -0.39 is 0 Å². The van der Waals surface area contributed by atoms with E-state index in [0.717, 1.165) is 0 Å². The van der Waals surface area contributed by atoms with Gasteiger partial charge in [-0.15, -0.1) is 23.5 Å². The molecule has 5 rings (SSSR count). The van der Waals surface area contributed by atoms with Crippen molar-refractivity contribution in [2.45, 2.75) is 22.6 Å². The molecule has 0 nitrogen and oxygen atoms in total. The number of hydrogen-bond donors (Lipinski definition) is 0. The quantitative estimate of drug-likeness (QED) is 0.258. The Morgan fingerprint density at radius 2 is 0.824 bits per heavy atom. The minimum atomic E-state index is -0.378. The Hall–Kier alpha value is -1.56. The monoisotopic (exact) mass is 516 g/mol. The molecule has 4 aromatic rings. The molecule has 0 aromatic heterocycles. The van der Waals surface area contributed by atoms with Gasteiger partial charge in [0.1, 0.15) is 0 Å². The smallest absolute Gasteiger partial charge is 0.0208 e. The second kappa shape index (κ2) is 12.4. The van der Waals surface area contributed by atoms with Crippen molar-refractivity contribution in [1.82, 2.24) is 0 Å². The highest BCUT2D eigenvalue weighted by atomic mass is 32.2. The van der Waals surface area contributed by atoms with Crippen LogP contribution in [0.5, 0.6) is 0 Å². The van der Waals surface area contributed by atoms with Gasteiger partial charge in [-0.3, -0.25) is 0 Å². The zero-order valence-electron chi connectivity index (χ0n) is 19.3. The third-order valence-electron chi connectivity index (χ3n) is 6.02. The van der Waals surface area contributed by atoms with Crippen LogP contribution in [0.2, 0.25) is 0 Å². The van der Waals surface area contributed by atoms with Gasteiger partial charge in [0.2, 0.25) is 0 Å². The van der Waals surface area contributed by atoms with E-state index in [2.05, 4.69) is 109 Å². The molecule has 0 amide bonds. The van der Waals surface area contributed by atoms with Gasteiger partial charge in [-0.2, -0.15) is 0 Å². The normalized spacial score (nSPS) is 19.4. The van der Waals surface area contributed by atoms with Crippen molar-refractivity contribution in [3.05, 3.63) is 109 Å². The van der Waals surface area contributed by atoms with Crippen molar-refractivity contribution in [3.63, 3.8) is 0 Å². The number of benzene rings is 4. The fourth-order valence-electron chi connectivity index (χ4n) is 4.41. The first kappa shape index (κ1) is 24.1. The Kier molecular flexibility index (Phi) is 8.82. The summed E-state index contributed by atoms with van der Waals surface area (Å²) in [5, 5.41) is 6.24. The van der Waals surface area contributed by atoms with Crippen LogP contribution in [0.4, 0.5) is 0 Å². The molecule has 0 bridgehead atoms. The molecule has 4 heteroatoms. The lowest BCUT2D eigenvalue weighted by Gasteiger charge is -2.27. The molecular formula is C30H30P2S2.